The van der Waals surface area contributed by atoms with E-state index in [2.05, 4.69) is 37.6 Å². The fraction of sp³-hybridized carbons (Fsp3) is 0.649. The molecule has 294 valence electrons. The van der Waals surface area contributed by atoms with Crippen molar-refractivity contribution in [3.8, 4) is 0 Å². The summed E-state index contributed by atoms with van der Waals surface area (Å²) in [6, 6.07) is 4.93. The van der Waals surface area contributed by atoms with E-state index >= 15 is 0 Å². The summed E-state index contributed by atoms with van der Waals surface area (Å²) in [7, 11) is 3.57. The van der Waals surface area contributed by atoms with Gasteiger partial charge in [-0.2, -0.15) is 11.8 Å². The number of rotatable bonds is 22. The van der Waals surface area contributed by atoms with Gasteiger partial charge in [0, 0.05) is 32.1 Å². The van der Waals surface area contributed by atoms with Crippen molar-refractivity contribution in [1.82, 2.24) is 20.4 Å². The third-order valence-corrected chi connectivity index (χ3v) is 10.5. The van der Waals surface area contributed by atoms with Gasteiger partial charge in [-0.3, -0.25) is 38.6 Å². The Kier molecular flexibility index (Phi) is 18.4. The van der Waals surface area contributed by atoms with Gasteiger partial charge in [0.1, 0.15) is 26.5 Å². The van der Waals surface area contributed by atoms with Crippen LogP contribution in [0.2, 0.25) is 0 Å². The monoisotopic (exact) mass is 758 g/mol. The first-order chi connectivity index (χ1) is 24.9. The minimum Gasteiger partial charge on any atom is -0.445 e. The summed E-state index contributed by atoms with van der Waals surface area (Å²) in [5.74, 6) is -2.57. The molecule has 1 aromatic carbocycles. The van der Waals surface area contributed by atoms with Gasteiger partial charge in [-0.1, -0.05) is 72.9 Å². The number of carbonyl (C=O) groups is 7. The highest BCUT2D eigenvalue weighted by molar-refractivity contribution is 8.03. The molecule has 0 spiro atoms. The summed E-state index contributed by atoms with van der Waals surface area (Å²) in [4.78, 5) is 90.3. The molecule has 2 rings (SSSR count). The summed E-state index contributed by atoms with van der Waals surface area (Å²) in [5, 5.41) is 7.69. The zero-order valence-electron chi connectivity index (χ0n) is 32.6. The molecule has 1 aliphatic rings. The lowest BCUT2D eigenvalue weighted by molar-refractivity contribution is -0.138. The van der Waals surface area contributed by atoms with E-state index in [0.29, 0.717) is 37.1 Å². The van der Waals surface area contributed by atoms with Crippen LogP contribution in [-0.2, 0) is 40.1 Å². The van der Waals surface area contributed by atoms with Gasteiger partial charge in [-0.15, -0.1) is 0 Å². The molecule has 3 unspecified atom stereocenters. The molecule has 5 N–H and O–H groups in total. The van der Waals surface area contributed by atoms with E-state index in [1.807, 2.05) is 0 Å². The molecule has 1 aromatic rings. The molecular formula is C37H59BN6O8S. The Morgan fingerprint density at radius 3 is 2.26 bits per heavy atom. The number of nitrogens with two attached hydrogens (primary N) is 1. The van der Waals surface area contributed by atoms with Crippen LogP contribution in [0, 0.1) is 11.8 Å². The van der Waals surface area contributed by atoms with E-state index in [4.69, 9.17) is 10.5 Å². The van der Waals surface area contributed by atoms with Crippen molar-refractivity contribution in [2.24, 2.45) is 17.6 Å². The maximum Gasteiger partial charge on any atom is 0.410 e. The van der Waals surface area contributed by atoms with E-state index < -0.39 is 35.9 Å². The largest absolute Gasteiger partial charge is 0.445 e. The molecule has 0 saturated carbocycles. The Hall–Kier alpha value is -4.08. The molecule has 0 bridgehead atoms. The molecule has 0 radical (unpaired) electrons. The number of primary amides is 1. The van der Waals surface area contributed by atoms with Crippen LogP contribution >= 0.6 is 11.8 Å². The van der Waals surface area contributed by atoms with Crippen LogP contribution in [0.1, 0.15) is 98.5 Å². The molecular weight excluding hydrogens is 699 g/mol. The minimum atomic E-state index is -0.842. The number of carbonyl (C=O) groups excluding carboxylic acids is 7. The van der Waals surface area contributed by atoms with Crippen molar-refractivity contribution in [1.29, 1.82) is 0 Å². The topological polar surface area (TPSA) is 197 Å². The summed E-state index contributed by atoms with van der Waals surface area (Å²) < 4.78 is 5.23. The average molecular weight is 759 g/mol. The van der Waals surface area contributed by atoms with Crippen molar-refractivity contribution in [3.63, 3.8) is 0 Å². The maximum atomic E-state index is 12.9. The Balaban J connectivity index is 1.73. The van der Waals surface area contributed by atoms with Gasteiger partial charge in [0.05, 0.1) is 11.8 Å². The average Bonchev–Trinajstić information content (AvgIpc) is 3.34. The first kappa shape index (κ1) is 45.1. The summed E-state index contributed by atoms with van der Waals surface area (Å²) >= 11 is 1.59. The number of imide groups is 1. The third-order valence-electron chi connectivity index (χ3n) is 9.00. The third kappa shape index (κ3) is 15.1. The van der Waals surface area contributed by atoms with Gasteiger partial charge in [0.15, 0.2) is 0 Å². The molecule has 0 aliphatic carbocycles. The number of nitrogens with one attached hydrogen (secondary N) is 3. The second-order valence-corrected chi connectivity index (χ2v) is 16.8. The number of likely N-dealkylation sites (N-methyl/N-ethyl adjacent to an activating group) is 1. The van der Waals surface area contributed by atoms with Crippen molar-refractivity contribution in [3.05, 3.63) is 29.8 Å². The molecule has 53 heavy (non-hydrogen) atoms. The molecule has 1 aliphatic heterocycles. The van der Waals surface area contributed by atoms with Crippen molar-refractivity contribution < 1.29 is 38.3 Å². The zero-order chi connectivity index (χ0) is 39.9. The lowest BCUT2D eigenvalue weighted by Gasteiger charge is -2.27. The maximum absolute atomic E-state index is 12.9. The van der Waals surface area contributed by atoms with Crippen LogP contribution in [0.15, 0.2) is 24.3 Å². The highest BCUT2D eigenvalue weighted by Crippen LogP contribution is 2.36. The van der Waals surface area contributed by atoms with Gasteiger partial charge >= 0.3 is 6.09 Å². The normalized spacial score (nSPS) is 16.5. The van der Waals surface area contributed by atoms with E-state index in [1.165, 1.54) is 16.8 Å². The van der Waals surface area contributed by atoms with Crippen LogP contribution in [0.3, 0.4) is 0 Å². The molecule has 1 fully saturated rings. The summed E-state index contributed by atoms with van der Waals surface area (Å²) in [6.07, 6.45) is 4.64. The smallest absolute Gasteiger partial charge is 0.410 e. The van der Waals surface area contributed by atoms with Crippen LogP contribution < -0.4 is 21.7 Å². The molecule has 1 saturated heterocycles. The number of thioether (sulfide) groups is 1. The van der Waals surface area contributed by atoms with Gasteiger partial charge in [0.2, 0.25) is 35.4 Å². The quantitative estimate of drug-likeness (QED) is 0.0781. The molecule has 16 heteroatoms. The summed E-state index contributed by atoms with van der Waals surface area (Å²) in [5.41, 5.74) is 6.52. The van der Waals surface area contributed by atoms with E-state index in [-0.39, 0.29) is 65.4 Å². The summed E-state index contributed by atoms with van der Waals surface area (Å²) in [6.45, 7) is 11.4. The number of likely N-dealkylation sites (tertiary alicyclic amines) is 1. The van der Waals surface area contributed by atoms with E-state index in [1.54, 1.807) is 63.7 Å². The fourth-order valence-corrected chi connectivity index (χ4v) is 7.52. The van der Waals surface area contributed by atoms with Crippen molar-refractivity contribution >= 4 is 66.8 Å². The second-order valence-electron chi connectivity index (χ2n) is 14.9. The number of anilines is 1. The minimum absolute atomic E-state index is 0.0578. The van der Waals surface area contributed by atoms with Crippen LogP contribution in [0.5, 0.6) is 0 Å². The number of hydrogen-bond acceptors (Lipinski definition) is 9. The lowest BCUT2D eigenvalue weighted by Crippen LogP contribution is -2.51. The highest BCUT2D eigenvalue weighted by Gasteiger charge is 2.41. The van der Waals surface area contributed by atoms with Crippen LogP contribution in [0.25, 0.3) is 0 Å². The molecule has 0 aromatic heterocycles. The standard InChI is InChI=1S/C37H59BN6O8S/c1-8-9-18-37(6,38)53-27-20-30(47)44(35(27)50)19-12-10-11-13-28(45)42-31(23(2)3)34(49)40-21-29(46)41-26-16-14-25(15-17-26)22-52-36(51)43(7)32(24(4)5)33(39)48/h14-17,23-24,27,31-32H,8-13,18-22,38H2,1-7H3,(H2,39,48)(H,40,49)(H,41,46)(H,42,45)/t27?,31?,32-,37?/m0/s1. The van der Waals surface area contributed by atoms with Crippen molar-refractivity contribution in [2.45, 2.75) is 121 Å². The predicted octanol–water partition coefficient (Wildman–Crippen LogP) is 2.92. The molecule has 4 atom stereocenters. The molecule has 14 nitrogen and oxygen atoms in total. The van der Waals surface area contributed by atoms with Crippen LogP contribution in [-0.4, -0.2) is 101 Å². The first-order valence-electron chi connectivity index (χ1n) is 18.5. The Morgan fingerprint density at radius 1 is 1.02 bits per heavy atom. The number of amides is 7. The van der Waals surface area contributed by atoms with Gasteiger partial charge in [-0.05, 0) is 53.4 Å². The number of unbranched alkanes of at least 4 members (excludes halogenated alkanes) is 3. The SMILES string of the molecule is BC(C)(CCCC)SC1CC(=O)N(CCCCCC(=O)NC(C(=O)NCC(=O)Nc2ccc(COC(=O)N(C)[C@H](C(N)=O)C(C)C)cc2)C(C)C)C1=O. The number of benzene rings is 1. The Labute approximate surface area is 319 Å². The first-order valence-corrected chi connectivity index (χ1v) is 19.4. The van der Waals surface area contributed by atoms with E-state index in [0.717, 1.165) is 19.3 Å². The molecule has 7 amide bonds. The van der Waals surface area contributed by atoms with Gasteiger partial charge in [-0.25, -0.2) is 4.79 Å². The second kappa shape index (κ2) is 21.6. The fourth-order valence-electron chi connectivity index (χ4n) is 6.03. The Bertz CT molecular complexity index is 1440. The highest BCUT2D eigenvalue weighted by atomic mass is 32.2. The molecule has 1 heterocycles. The Morgan fingerprint density at radius 2 is 1.68 bits per heavy atom. The number of ether oxygens (including phenoxy) is 1. The van der Waals surface area contributed by atoms with E-state index in [9.17, 15) is 33.6 Å². The van der Waals surface area contributed by atoms with Gasteiger partial charge in [0.25, 0.3) is 0 Å². The van der Waals surface area contributed by atoms with Crippen molar-refractivity contribution in [2.75, 3.05) is 25.5 Å². The number of nitrogens with zero attached hydrogens (tertiary/aromatic N) is 2. The van der Waals surface area contributed by atoms with Crippen LogP contribution in [0.4, 0.5) is 10.5 Å². The lowest BCUT2D eigenvalue weighted by atomic mass is 9.84. The zero-order valence-corrected chi connectivity index (χ0v) is 33.4. The van der Waals surface area contributed by atoms with Gasteiger partial charge < -0.3 is 26.4 Å². The number of hydrogen-bond donors (Lipinski definition) is 4. The predicted molar refractivity (Wildman–Crippen MR) is 208 cm³/mol.